The molecule has 0 saturated heterocycles. The number of alkyl halides is 3. The molecule has 13 heavy (non-hydrogen) atoms. The van der Waals surface area contributed by atoms with Gasteiger partial charge in [-0.15, -0.1) is 0 Å². The molecule has 0 aliphatic rings. The predicted octanol–water partition coefficient (Wildman–Crippen LogP) is 1.21. The molecule has 0 bridgehead atoms. The first-order chi connectivity index (χ1) is 5.79. The Morgan fingerprint density at radius 3 is 2.31 bits per heavy atom. The third kappa shape index (κ3) is 4.25. The standard InChI is InChI=1S/C6H9F3O3S/c1-4(3-5(10)12-2)13(11)6(7,8)9/h4H,3H2,1-2H3. The molecule has 0 aliphatic heterocycles. The maximum absolute atomic E-state index is 11.8. The molecule has 0 amide bonds. The van der Waals surface area contributed by atoms with Gasteiger partial charge in [-0.3, -0.25) is 9.00 Å². The van der Waals surface area contributed by atoms with Crippen LogP contribution in [0.3, 0.4) is 0 Å². The molecule has 0 heterocycles. The van der Waals surface area contributed by atoms with Gasteiger partial charge >= 0.3 is 11.5 Å². The highest BCUT2D eigenvalue weighted by Gasteiger charge is 2.40. The van der Waals surface area contributed by atoms with Crippen molar-refractivity contribution in [3.05, 3.63) is 0 Å². The van der Waals surface area contributed by atoms with Crippen LogP contribution in [0.4, 0.5) is 13.2 Å². The van der Waals surface area contributed by atoms with Crippen molar-refractivity contribution >= 4 is 16.8 Å². The molecule has 2 atom stereocenters. The Morgan fingerprint density at radius 1 is 1.54 bits per heavy atom. The lowest BCUT2D eigenvalue weighted by atomic mass is 10.3. The summed E-state index contributed by atoms with van der Waals surface area (Å²) in [7, 11) is -1.94. The average Bonchev–Trinajstić information content (AvgIpc) is 2.01. The molecule has 0 rings (SSSR count). The number of carbonyl (C=O) groups excluding carboxylic acids is 1. The van der Waals surface area contributed by atoms with Crippen LogP contribution in [0.15, 0.2) is 0 Å². The minimum absolute atomic E-state index is 0.497. The Bertz CT molecular complexity index is 214. The van der Waals surface area contributed by atoms with Gasteiger partial charge < -0.3 is 4.74 Å². The first-order valence-electron chi connectivity index (χ1n) is 3.33. The molecule has 7 heteroatoms. The molecule has 0 fully saturated rings. The zero-order chi connectivity index (χ0) is 10.6. The minimum Gasteiger partial charge on any atom is -0.469 e. The van der Waals surface area contributed by atoms with E-state index < -0.39 is 33.9 Å². The molecule has 3 nitrogen and oxygen atoms in total. The topological polar surface area (TPSA) is 43.4 Å². The fourth-order valence-corrected chi connectivity index (χ4v) is 1.37. The van der Waals surface area contributed by atoms with Gasteiger partial charge in [-0.2, -0.15) is 13.2 Å². The van der Waals surface area contributed by atoms with E-state index in [4.69, 9.17) is 0 Å². The lowest BCUT2D eigenvalue weighted by Crippen LogP contribution is -2.28. The van der Waals surface area contributed by atoms with E-state index in [1.807, 2.05) is 0 Å². The number of rotatable bonds is 3. The molecule has 0 aromatic heterocycles. The highest BCUT2D eigenvalue weighted by atomic mass is 32.2. The van der Waals surface area contributed by atoms with Crippen molar-refractivity contribution in [2.75, 3.05) is 7.11 Å². The summed E-state index contributed by atoms with van der Waals surface area (Å²) in [5, 5.41) is -1.27. The molecule has 0 radical (unpaired) electrons. The molecular weight excluding hydrogens is 209 g/mol. The third-order valence-electron chi connectivity index (χ3n) is 1.28. The summed E-state index contributed by atoms with van der Waals surface area (Å²) in [6.07, 6.45) is -0.497. The van der Waals surface area contributed by atoms with Crippen molar-refractivity contribution in [2.24, 2.45) is 0 Å². The van der Waals surface area contributed by atoms with Crippen LogP contribution in [0.2, 0.25) is 0 Å². The van der Waals surface area contributed by atoms with Crippen LogP contribution in [-0.2, 0) is 20.3 Å². The number of hydrogen-bond acceptors (Lipinski definition) is 3. The van der Waals surface area contributed by atoms with E-state index >= 15 is 0 Å². The van der Waals surface area contributed by atoms with E-state index in [-0.39, 0.29) is 0 Å². The summed E-state index contributed by atoms with van der Waals surface area (Å²) < 4.78 is 50.1. The zero-order valence-electron chi connectivity index (χ0n) is 7.05. The molecule has 0 aromatic rings. The highest BCUT2D eigenvalue weighted by Crippen LogP contribution is 2.24. The maximum atomic E-state index is 11.8. The SMILES string of the molecule is COC(=O)CC(C)S(=O)C(F)(F)F. The Hall–Kier alpha value is -0.590. The molecule has 0 N–H and O–H groups in total. The molecule has 78 valence electrons. The number of esters is 1. The van der Waals surface area contributed by atoms with E-state index in [0.29, 0.717) is 0 Å². The van der Waals surface area contributed by atoms with Crippen LogP contribution in [0.1, 0.15) is 13.3 Å². The van der Waals surface area contributed by atoms with Gasteiger partial charge in [-0.25, -0.2) is 0 Å². The molecule has 2 unspecified atom stereocenters. The molecule has 0 aliphatic carbocycles. The summed E-state index contributed by atoms with van der Waals surface area (Å²) in [5.74, 6) is -0.801. The monoisotopic (exact) mass is 218 g/mol. The van der Waals surface area contributed by atoms with Crippen molar-refractivity contribution < 1.29 is 26.9 Å². The van der Waals surface area contributed by atoms with Crippen LogP contribution < -0.4 is 0 Å². The zero-order valence-corrected chi connectivity index (χ0v) is 7.87. The first kappa shape index (κ1) is 12.4. The van der Waals surface area contributed by atoms with Gasteiger partial charge in [0, 0.05) is 0 Å². The van der Waals surface area contributed by atoms with Crippen molar-refractivity contribution in [1.29, 1.82) is 0 Å². The van der Waals surface area contributed by atoms with Gasteiger partial charge in [0.05, 0.1) is 18.8 Å². The van der Waals surface area contributed by atoms with Gasteiger partial charge in [-0.1, -0.05) is 0 Å². The fraction of sp³-hybridized carbons (Fsp3) is 0.833. The molecule has 0 aromatic carbocycles. The number of halogens is 3. The van der Waals surface area contributed by atoms with Gasteiger partial charge in [0.2, 0.25) is 0 Å². The van der Waals surface area contributed by atoms with Gasteiger partial charge in [0.15, 0.2) is 0 Å². The van der Waals surface area contributed by atoms with Crippen LogP contribution in [0.25, 0.3) is 0 Å². The number of carbonyl (C=O) groups is 1. The van der Waals surface area contributed by atoms with Crippen molar-refractivity contribution in [2.45, 2.75) is 24.1 Å². The van der Waals surface area contributed by atoms with E-state index in [2.05, 4.69) is 4.74 Å². The molecule has 0 spiro atoms. The summed E-state index contributed by atoms with van der Waals surface area (Å²) >= 11 is 0. The largest absolute Gasteiger partial charge is 0.471 e. The fourth-order valence-electron chi connectivity index (χ4n) is 0.622. The second-order valence-electron chi connectivity index (χ2n) is 2.33. The Kier molecular flexibility index (Phi) is 4.38. The predicted molar refractivity (Wildman–Crippen MR) is 40.3 cm³/mol. The Morgan fingerprint density at radius 2 is 2.00 bits per heavy atom. The number of hydrogen-bond donors (Lipinski definition) is 0. The van der Waals surface area contributed by atoms with Gasteiger partial charge in [0.25, 0.3) is 0 Å². The van der Waals surface area contributed by atoms with E-state index in [0.717, 1.165) is 14.0 Å². The Labute approximate surface area is 75.7 Å². The molecule has 0 saturated carbocycles. The van der Waals surface area contributed by atoms with Crippen molar-refractivity contribution in [1.82, 2.24) is 0 Å². The van der Waals surface area contributed by atoms with Crippen molar-refractivity contribution in [3.8, 4) is 0 Å². The van der Waals surface area contributed by atoms with Gasteiger partial charge in [-0.05, 0) is 6.92 Å². The smallest absolute Gasteiger partial charge is 0.469 e. The summed E-state index contributed by atoms with van der Waals surface area (Å²) in [6, 6.07) is 0. The second-order valence-corrected chi connectivity index (χ2v) is 4.20. The van der Waals surface area contributed by atoms with E-state index in [1.165, 1.54) is 0 Å². The summed E-state index contributed by atoms with van der Waals surface area (Å²) in [4.78, 5) is 10.5. The first-order valence-corrected chi connectivity index (χ1v) is 4.54. The number of methoxy groups -OCH3 is 1. The quantitative estimate of drug-likeness (QED) is 0.668. The number of ether oxygens (including phenoxy) is 1. The third-order valence-corrected chi connectivity index (χ3v) is 2.63. The van der Waals surface area contributed by atoms with Crippen LogP contribution in [0.5, 0.6) is 0 Å². The Balaban J connectivity index is 4.20. The average molecular weight is 218 g/mol. The highest BCUT2D eigenvalue weighted by molar-refractivity contribution is 7.86. The second kappa shape index (κ2) is 4.59. The summed E-state index contributed by atoms with van der Waals surface area (Å²) in [6.45, 7) is 1.08. The maximum Gasteiger partial charge on any atom is 0.471 e. The normalized spacial score (nSPS) is 16.4. The van der Waals surface area contributed by atoms with Crippen LogP contribution >= 0.6 is 0 Å². The van der Waals surface area contributed by atoms with E-state index in [1.54, 1.807) is 0 Å². The molecular formula is C6H9F3O3S. The van der Waals surface area contributed by atoms with E-state index in [9.17, 15) is 22.2 Å². The van der Waals surface area contributed by atoms with Crippen LogP contribution in [0, 0.1) is 0 Å². The lowest BCUT2D eigenvalue weighted by molar-refractivity contribution is -0.140. The summed E-state index contributed by atoms with van der Waals surface area (Å²) in [5.41, 5.74) is -4.77. The van der Waals surface area contributed by atoms with Crippen molar-refractivity contribution in [3.63, 3.8) is 0 Å². The van der Waals surface area contributed by atoms with Gasteiger partial charge in [0.1, 0.15) is 10.8 Å². The lowest BCUT2D eigenvalue weighted by Gasteiger charge is -2.11. The minimum atomic E-state index is -4.77. The van der Waals surface area contributed by atoms with Crippen LogP contribution in [-0.4, -0.2) is 28.0 Å².